The average molecular weight is 810 g/mol. The summed E-state index contributed by atoms with van der Waals surface area (Å²) in [6, 6.07) is 82.3. The Morgan fingerprint density at radius 1 is 0.312 bits per heavy atom. The molecule has 5 heteroatoms. The van der Waals surface area contributed by atoms with E-state index in [4.69, 9.17) is 9.97 Å². The fourth-order valence-electron chi connectivity index (χ4n) is 11.9. The maximum atomic E-state index is 5.77. The van der Waals surface area contributed by atoms with Gasteiger partial charge in [0.1, 0.15) is 0 Å². The molecular weight excluding hydrogens is 772 g/mol. The number of hydrogen-bond acceptors (Lipinski definition) is 3. The standard InChI is InChI=1S/C59H37B2N3/c1-3-17-40(18-4-1)64(41-19-5-2-6-20-41)42-34-31-38(32-35-42)60-53-29-15-10-24-47(53)55-57(60)62-56-48-25-11-16-30-54(48)61(58(56)63-55)39-33-36-46-45-23-9-14-28-51(45)59(52(46)37-39)49-26-12-7-21-43(49)44-22-8-13-27-50(44)59/h1-37H. The van der Waals surface area contributed by atoms with Crippen molar-refractivity contribution in [3.05, 3.63) is 247 Å². The van der Waals surface area contributed by atoms with Crippen molar-refractivity contribution in [2.75, 3.05) is 4.90 Å². The van der Waals surface area contributed by atoms with E-state index in [2.05, 4.69) is 229 Å². The normalized spacial score (nSPS) is 13.7. The van der Waals surface area contributed by atoms with Crippen LogP contribution >= 0.6 is 0 Å². The Hall–Kier alpha value is -8.01. The van der Waals surface area contributed by atoms with E-state index in [0.717, 1.165) is 45.2 Å². The van der Waals surface area contributed by atoms with Crippen molar-refractivity contribution in [3.63, 3.8) is 0 Å². The zero-order valence-corrected chi connectivity index (χ0v) is 34.9. The van der Waals surface area contributed by atoms with Gasteiger partial charge in [-0.25, -0.2) is 0 Å². The molecule has 0 fully saturated rings. The molecule has 0 N–H and O–H groups in total. The molecular formula is C59H37B2N3. The Morgan fingerprint density at radius 3 is 1.19 bits per heavy atom. The monoisotopic (exact) mass is 809 g/mol. The number of fused-ring (bicyclic) bond motifs is 16. The molecule has 2 aliphatic carbocycles. The van der Waals surface area contributed by atoms with Gasteiger partial charge in [0.15, 0.2) is 0 Å². The minimum absolute atomic E-state index is 0.0491. The quantitative estimate of drug-likeness (QED) is 0.163. The van der Waals surface area contributed by atoms with E-state index in [-0.39, 0.29) is 13.4 Å². The number of anilines is 3. The molecule has 0 atom stereocenters. The van der Waals surface area contributed by atoms with Gasteiger partial charge in [0.05, 0.1) is 16.8 Å². The van der Waals surface area contributed by atoms with Crippen LogP contribution in [0, 0.1) is 0 Å². The van der Waals surface area contributed by atoms with Crippen LogP contribution in [0.5, 0.6) is 0 Å². The van der Waals surface area contributed by atoms with Gasteiger partial charge in [-0.05, 0) is 92.0 Å². The topological polar surface area (TPSA) is 29.0 Å². The van der Waals surface area contributed by atoms with Crippen LogP contribution in [0.4, 0.5) is 17.1 Å². The Balaban J connectivity index is 0.925. The van der Waals surface area contributed by atoms with Crippen molar-refractivity contribution < 1.29 is 0 Å². The third-order valence-corrected chi connectivity index (χ3v) is 14.4. The van der Waals surface area contributed by atoms with Crippen LogP contribution < -0.4 is 37.9 Å². The predicted molar refractivity (Wildman–Crippen MR) is 266 cm³/mol. The fraction of sp³-hybridized carbons (Fsp3) is 0.0169. The largest absolute Gasteiger partial charge is 0.311 e. The lowest BCUT2D eigenvalue weighted by atomic mass is 9.39. The molecule has 1 aromatic heterocycles. The summed E-state index contributed by atoms with van der Waals surface area (Å²) >= 11 is 0. The molecule has 10 aromatic rings. The fourth-order valence-corrected chi connectivity index (χ4v) is 11.9. The van der Waals surface area contributed by atoms with E-state index >= 15 is 0 Å². The van der Waals surface area contributed by atoms with Gasteiger partial charge in [-0.1, -0.05) is 210 Å². The Kier molecular flexibility index (Phi) is 7.50. The summed E-state index contributed by atoms with van der Waals surface area (Å²) in [6.45, 7) is -0.124. The van der Waals surface area contributed by atoms with Gasteiger partial charge in [-0.2, -0.15) is 0 Å². The van der Waals surface area contributed by atoms with E-state index in [1.54, 1.807) is 0 Å². The lowest BCUT2D eigenvalue weighted by Gasteiger charge is -2.31. The summed E-state index contributed by atoms with van der Waals surface area (Å²) in [4.78, 5) is 13.8. The zero-order chi connectivity index (χ0) is 41.9. The van der Waals surface area contributed by atoms with Gasteiger partial charge in [0.25, 0.3) is 13.4 Å². The molecule has 294 valence electrons. The Bertz CT molecular complexity index is 3430. The van der Waals surface area contributed by atoms with Crippen LogP contribution in [-0.2, 0) is 5.41 Å². The van der Waals surface area contributed by atoms with Crippen LogP contribution in [0.3, 0.4) is 0 Å². The van der Waals surface area contributed by atoms with Crippen LogP contribution in [0.1, 0.15) is 22.3 Å². The van der Waals surface area contributed by atoms with Crippen molar-refractivity contribution >= 4 is 63.5 Å². The van der Waals surface area contributed by atoms with Gasteiger partial charge in [-0.15, -0.1) is 0 Å². The van der Waals surface area contributed by atoms with Gasteiger partial charge in [0.2, 0.25) is 0 Å². The zero-order valence-electron chi connectivity index (χ0n) is 34.9. The number of para-hydroxylation sites is 2. The molecule has 4 aliphatic rings. The van der Waals surface area contributed by atoms with Gasteiger partial charge in [0, 0.05) is 28.2 Å². The number of benzene rings is 9. The van der Waals surface area contributed by atoms with Crippen molar-refractivity contribution in [2.24, 2.45) is 0 Å². The molecule has 0 saturated heterocycles. The highest BCUT2D eigenvalue weighted by atomic mass is 15.1. The molecule has 3 nitrogen and oxygen atoms in total. The van der Waals surface area contributed by atoms with E-state index in [9.17, 15) is 0 Å². The second-order valence-corrected chi connectivity index (χ2v) is 17.5. The number of nitrogens with zero attached hydrogens (tertiary/aromatic N) is 3. The first-order chi connectivity index (χ1) is 31.8. The third-order valence-electron chi connectivity index (χ3n) is 14.4. The first-order valence-corrected chi connectivity index (χ1v) is 22.3. The summed E-state index contributed by atoms with van der Waals surface area (Å²) in [7, 11) is 0. The van der Waals surface area contributed by atoms with Crippen LogP contribution in [0.25, 0.3) is 44.8 Å². The summed E-state index contributed by atoms with van der Waals surface area (Å²) < 4.78 is 0. The molecule has 1 spiro atoms. The molecule has 0 unspecified atom stereocenters. The Morgan fingerprint density at radius 2 is 0.688 bits per heavy atom. The average Bonchev–Trinajstić information content (AvgIpc) is 4.06. The first kappa shape index (κ1) is 35.6. The van der Waals surface area contributed by atoms with Crippen LogP contribution in [0.2, 0.25) is 0 Å². The van der Waals surface area contributed by atoms with Crippen molar-refractivity contribution in [2.45, 2.75) is 5.41 Å². The molecule has 0 radical (unpaired) electrons. The summed E-state index contributed by atoms with van der Waals surface area (Å²) in [6.07, 6.45) is 0. The van der Waals surface area contributed by atoms with Gasteiger partial charge in [-0.3, -0.25) is 9.97 Å². The summed E-state index contributed by atoms with van der Waals surface area (Å²) in [5.41, 5.74) is 24.9. The van der Waals surface area contributed by atoms with E-state index < -0.39 is 5.41 Å². The van der Waals surface area contributed by atoms with Crippen LogP contribution in [0.15, 0.2) is 224 Å². The maximum Gasteiger partial charge on any atom is 0.268 e. The molecule has 0 bridgehead atoms. The molecule has 9 aromatic carbocycles. The summed E-state index contributed by atoms with van der Waals surface area (Å²) in [5.74, 6) is 0. The smallest absolute Gasteiger partial charge is 0.268 e. The first-order valence-electron chi connectivity index (χ1n) is 22.3. The van der Waals surface area contributed by atoms with Gasteiger partial charge >= 0.3 is 0 Å². The van der Waals surface area contributed by atoms with Crippen molar-refractivity contribution in [3.8, 4) is 44.8 Å². The maximum absolute atomic E-state index is 5.77. The van der Waals surface area contributed by atoms with E-state index in [1.807, 2.05) is 0 Å². The lowest BCUT2D eigenvalue weighted by molar-refractivity contribution is 0.794. The molecule has 0 amide bonds. The minimum atomic E-state index is -0.416. The molecule has 2 aliphatic heterocycles. The van der Waals surface area contributed by atoms with Crippen LogP contribution in [-0.4, -0.2) is 23.4 Å². The SMILES string of the molecule is c1ccc(N(c2ccccc2)c2ccc(B3c4ccccc4-c4nc5c(nc43)-c3ccccc3B5c3ccc4c(c3)C3(c5ccccc5-c5ccccc53)c3ccccc3-4)cc2)cc1. The van der Waals surface area contributed by atoms with Crippen molar-refractivity contribution in [1.82, 2.24) is 9.97 Å². The molecule has 14 rings (SSSR count). The highest BCUT2D eigenvalue weighted by Crippen LogP contribution is 2.62. The second-order valence-electron chi connectivity index (χ2n) is 17.5. The Labute approximate surface area is 373 Å². The predicted octanol–water partition coefficient (Wildman–Crippen LogP) is 9.28. The highest BCUT2D eigenvalue weighted by Gasteiger charge is 2.52. The number of aromatic nitrogens is 2. The van der Waals surface area contributed by atoms with E-state index in [1.165, 1.54) is 71.9 Å². The highest BCUT2D eigenvalue weighted by molar-refractivity contribution is 7.00. The number of hydrogen-bond donors (Lipinski definition) is 0. The third kappa shape index (κ3) is 4.79. The molecule has 64 heavy (non-hydrogen) atoms. The molecule has 0 saturated carbocycles. The van der Waals surface area contributed by atoms with Crippen molar-refractivity contribution in [1.29, 1.82) is 0 Å². The summed E-state index contributed by atoms with van der Waals surface area (Å²) in [5, 5.41) is 0. The van der Waals surface area contributed by atoms with Gasteiger partial charge < -0.3 is 4.90 Å². The van der Waals surface area contributed by atoms with E-state index in [0.29, 0.717) is 0 Å². The second kappa shape index (κ2) is 13.5. The molecule has 3 heterocycles. The minimum Gasteiger partial charge on any atom is -0.311 e. The number of rotatable bonds is 5. The lowest BCUT2D eigenvalue weighted by Crippen LogP contribution is -2.53.